The summed E-state index contributed by atoms with van der Waals surface area (Å²) in [6.07, 6.45) is 3.78. The minimum Gasteiger partial charge on any atom is -0.463 e. The molecule has 0 bridgehead atoms. The zero-order valence-electron chi connectivity index (χ0n) is 12.7. The molecule has 0 fully saturated rings. The topological polar surface area (TPSA) is 30.4 Å². The summed E-state index contributed by atoms with van der Waals surface area (Å²) in [5.41, 5.74) is 5.42. The van der Waals surface area contributed by atoms with Gasteiger partial charge in [-0.05, 0) is 42.8 Å². The number of hydrogen-bond acceptors (Lipinski definition) is 2. The van der Waals surface area contributed by atoms with Gasteiger partial charge in [0.2, 0.25) is 0 Å². The third kappa shape index (κ3) is 1.67. The number of pyridine rings is 2. The molecule has 0 aliphatic carbocycles. The van der Waals surface area contributed by atoms with Crippen molar-refractivity contribution in [2.75, 3.05) is 0 Å². The summed E-state index contributed by atoms with van der Waals surface area (Å²) < 4.78 is 7.86. The number of benzene rings is 1. The van der Waals surface area contributed by atoms with Gasteiger partial charge in [-0.1, -0.05) is 24.3 Å². The molecule has 0 spiro atoms. The number of furan rings is 1. The lowest BCUT2D eigenvalue weighted by atomic mass is 10.1. The van der Waals surface area contributed by atoms with Gasteiger partial charge in [-0.2, -0.15) is 0 Å². The maximum Gasteiger partial charge on any atom is 0.154 e. The minimum atomic E-state index is 0.794. The standard InChI is InChI=1S/C20H14N2O/c1-13-6-4-10-22-17(13)12-15-14-7-2-3-8-16(14)21-19(20(15)22)18-9-5-11-23-18/h2-12H,1H3. The minimum absolute atomic E-state index is 0.794. The molecule has 1 aromatic carbocycles. The Bertz CT molecular complexity index is 1170. The maximum absolute atomic E-state index is 5.65. The van der Waals surface area contributed by atoms with Crippen molar-refractivity contribution in [2.45, 2.75) is 6.92 Å². The highest BCUT2D eigenvalue weighted by Gasteiger charge is 2.16. The van der Waals surface area contributed by atoms with Gasteiger partial charge >= 0.3 is 0 Å². The van der Waals surface area contributed by atoms with Crippen LogP contribution in [0.3, 0.4) is 0 Å². The number of rotatable bonds is 1. The van der Waals surface area contributed by atoms with Crippen molar-refractivity contribution in [1.29, 1.82) is 0 Å². The highest BCUT2D eigenvalue weighted by molar-refractivity contribution is 6.11. The van der Waals surface area contributed by atoms with E-state index in [1.807, 2.05) is 18.2 Å². The first-order valence-corrected chi connectivity index (χ1v) is 7.66. The Morgan fingerprint density at radius 2 is 1.87 bits per heavy atom. The van der Waals surface area contributed by atoms with Gasteiger partial charge in [0.1, 0.15) is 5.69 Å². The average molecular weight is 298 g/mol. The van der Waals surface area contributed by atoms with Crippen LogP contribution >= 0.6 is 0 Å². The fourth-order valence-corrected chi connectivity index (χ4v) is 3.35. The van der Waals surface area contributed by atoms with Crippen LogP contribution in [0.1, 0.15) is 5.56 Å². The van der Waals surface area contributed by atoms with E-state index in [2.05, 4.69) is 53.9 Å². The van der Waals surface area contributed by atoms with Crippen molar-refractivity contribution in [2.24, 2.45) is 0 Å². The molecule has 0 atom stereocenters. The van der Waals surface area contributed by atoms with Gasteiger partial charge in [-0.25, -0.2) is 4.98 Å². The SMILES string of the molecule is Cc1cccn2c1cc1c3ccccc3nc(-c3ccco3)c12. The molecular formula is C20H14N2O. The van der Waals surface area contributed by atoms with Gasteiger partial charge in [0.25, 0.3) is 0 Å². The largest absolute Gasteiger partial charge is 0.463 e. The quantitative estimate of drug-likeness (QED) is 0.425. The molecule has 0 aliphatic rings. The summed E-state index contributed by atoms with van der Waals surface area (Å²) in [5, 5.41) is 2.37. The number of nitrogens with zero attached hydrogens (tertiary/aromatic N) is 2. The molecule has 3 nitrogen and oxygen atoms in total. The van der Waals surface area contributed by atoms with Crippen LogP contribution in [0.4, 0.5) is 0 Å². The van der Waals surface area contributed by atoms with Gasteiger partial charge in [0.05, 0.1) is 17.3 Å². The van der Waals surface area contributed by atoms with Crippen LogP contribution in [0.25, 0.3) is 38.8 Å². The number of para-hydroxylation sites is 1. The molecule has 0 amide bonds. The maximum atomic E-state index is 5.65. The van der Waals surface area contributed by atoms with Crippen molar-refractivity contribution in [3.8, 4) is 11.5 Å². The van der Waals surface area contributed by atoms with Gasteiger partial charge in [0.15, 0.2) is 5.76 Å². The summed E-state index contributed by atoms with van der Waals surface area (Å²) in [4.78, 5) is 4.88. The summed E-state index contributed by atoms with van der Waals surface area (Å²) in [6, 6.07) is 18.6. The van der Waals surface area contributed by atoms with E-state index in [0.717, 1.165) is 22.5 Å². The molecule has 0 saturated heterocycles. The van der Waals surface area contributed by atoms with E-state index in [4.69, 9.17) is 9.40 Å². The third-order valence-corrected chi connectivity index (χ3v) is 4.43. The van der Waals surface area contributed by atoms with Crippen LogP contribution in [0.15, 0.2) is 71.5 Å². The van der Waals surface area contributed by atoms with E-state index in [0.29, 0.717) is 0 Å². The third-order valence-electron chi connectivity index (χ3n) is 4.43. The van der Waals surface area contributed by atoms with E-state index >= 15 is 0 Å². The Morgan fingerprint density at radius 1 is 0.957 bits per heavy atom. The van der Waals surface area contributed by atoms with Crippen molar-refractivity contribution in [1.82, 2.24) is 9.38 Å². The van der Waals surface area contributed by atoms with Gasteiger partial charge in [-0.3, -0.25) is 0 Å². The highest BCUT2D eigenvalue weighted by Crippen LogP contribution is 2.35. The summed E-state index contributed by atoms with van der Waals surface area (Å²) >= 11 is 0. The predicted molar refractivity (Wildman–Crippen MR) is 92.6 cm³/mol. The van der Waals surface area contributed by atoms with Crippen LogP contribution in [0, 0.1) is 6.92 Å². The monoisotopic (exact) mass is 298 g/mol. The second kappa shape index (κ2) is 4.46. The molecule has 4 heterocycles. The Labute approximate surface area is 132 Å². The lowest BCUT2D eigenvalue weighted by Crippen LogP contribution is -1.91. The molecule has 3 heteroatoms. The van der Waals surface area contributed by atoms with Crippen molar-refractivity contribution < 1.29 is 4.42 Å². The van der Waals surface area contributed by atoms with Gasteiger partial charge in [0, 0.05) is 22.5 Å². The molecule has 0 aliphatic heterocycles. The fourth-order valence-electron chi connectivity index (χ4n) is 3.35. The molecule has 0 saturated carbocycles. The smallest absolute Gasteiger partial charge is 0.154 e. The summed E-state index contributed by atoms with van der Waals surface area (Å²) in [7, 11) is 0. The second-order valence-electron chi connectivity index (χ2n) is 5.81. The van der Waals surface area contributed by atoms with Gasteiger partial charge < -0.3 is 8.82 Å². The molecule has 0 unspecified atom stereocenters. The van der Waals surface area contributed by atoms with Crippen molar-refractivity contribution >= 4 is 27.3 Å². The molecular weight excluding hydrogens is 284 g/mol. The molecule has 4 aromatic heterocycles. The Balaban J connectivity index is 2.10. The van der Waals surface area contributed by atoms with Crippen molar-refractivity contribution in [3.05, 3.63) is 72.6 Å². The van der Waals surface area contributed by atoms with E-state index in [-0.39, 0.29) is 0 Å². The van der Waals surface area contributed by atoms with Crippen LogP contribution < -0.4 is 0 Å². The normalized spacial score (nSPS) is 11.7. The highest BCUT2D eigenvalue weighted by atomic mass is 16.3. The Morgan fingerprint density at radius 3 is 2.74 bits per heavy atom. The van der Waals surface area contributed by atoms with Crippen LogP contribution in [0.5, 0.6) is 0 Å². The lowest BCUT2D eigenvalue weighted by molar-refractivity contribution is 0.581. The van der Waals surface area contributed by atoms with E-state index in [1.165, 1.54) is 21.9 Å². The molecule has 5 aromatic rings. The zero-order valence-corrected chi connectivity index (χ0v) is 12.7. The van der Waals surface area contributed by atoms with Crippen LogP contribution in [-0.4, -0.2) is 9.38 Å². The van der Waals surface area contributed by atoms with Crippen molar-refractivity contribution in [3.63, 3.8) is 0 Å². The fraction of sp³-hybridized carbons (Fsp3) is 0.0500. The van der Waals surface area contributed by atoms with E-state index < -0.39 is 0 Å². The second-order valence-corrected chi connectivity index (χ2v) is 5.81. The molecule has 0 N–H and O–H groups in total. The Kier molecular flexibility index (Phi) is 2.42. The van der Waals surface area contributed by atoms with E-state index in [1.54, 1.807) is 6.26 Å². The van der Waals surface area contributed by atoms with Gasteiger partial charge in [-0.15, -0.1) is 0 Å². The predicted octanol–water partition coefficient (Wildman–Crippen LogP) is 5.21. The molecule has 5 rings (SSSR count). The van der Waals surface area contributed by atoms with Crippen LogP contribution in [0.2, 0.25) is 0 Å². The zero-order chi connectivity index (χ0) is 15.4. The molecule has 23 heavy (non-hydrogen) atoms. The first kappa shape index (κ1) is 12.5. The lowest BCUT2D eigenvalue weighted by Gasteiger charge is -2.06. The van der Waals surface area contributed by atoms with E-state index in [9.17, 15) is 0 Å². The number of aromatic nitrogens is 2. The van der Waals surface area contributed by atoms with Crippen LogP contribution in [-0.2, 0) is 0 Å². The number of aryl methyl sites for hydroxylation is 1. The summed E-state index contributed by atoms with van der Waals surface area (Å²) in [6.45, 7) is 2.14. The molecule has 0 radical (unpaired) electrons. The molecule has 110 valence electrons. The number of fused-ring (bicyclic) bond motifs is 5. The Hall–Kier alpha value is -3.07. The first-order chi connectivity index (χ1) is 11.3. The number of hydrogen-bond donors (Lipinski definition) is 0. The average Bonchev–Trinajstić information content (AvgIpc) is 3.23. The summed E-state index contributed by atoms with van der Waals surface area (Å²) in [5.74, 6) is 0.794. The first-order valence-electron chi connectivity index (χ1n) is 7.66.